The maximum absolute atomic E-state index is 12.0. The van der Waals surface area contributed by atoms with Crippen molar-refractivity contribution in [3.8, 4) is 0 Å². The van der Waals surface area contributed by atoms with Gasteiger partial charge in [-0.15, -0.1) is 0 Å². The van der Waals surface area contributed by atoms with Crippen molar-refractivity contribution < 1.29 is 12.7 Å². The number of rotatable bonds is 6. The standard InChI is InChI=1S/C12H18N2O.3C6H5.C2H4O2.Sn/c1-9(2)10-5-7-11(8-6-10)13-12(15)14(3)4;3*1-2-4-6-5-3-1;1-2(3)4;/h5-9H,1-4H3,(H,13,15);3*1-5H;1H3,(H,3,4);/q;;;;;+1/p-1. The van der Waals surface area contributed by atoms with Crippen LogP contribution in [0, 0.1) is 0 Å². The summed E-state index contributed by atoms with van der Waals surface area (Å²) in [7, 11) is 3.44. The van der Waals surface area contributed by atoms with Crippen molar-refractivity contribution in [1.82, 2.24) is 4.90 Å². The summed E-state index contributed by atoms with van der Waals surface area (Å²) in [5, 5.41) is 2.79. The van der Waals surface area contributed by atoms with Gasteiger partial charge in [0.05, 0.1) is 0 Å². The largest absolute Gasteiger partial charge is 0.331 e. The van der Waals surface area contributed by atoms with E-state index in [1.54, 1.807) is 14.1 Å². The predicted molar refractivity (Wildman–Crippen MR) is 159 cm³/mol. The van der Waals surface area contributed by atoms with Crippen LogP contribution in [0.15, 0.2) is 115 Å². The van der Waals surface area contributed by atoms with E-state index in [1.807, 2.05) is 78.9 Å². The Morgan fingerprint density at radius 1 is 0.684 bits per heavy atom. The van der Waals surface area contributed by atoms with Gasteiger partial charge in [-0.2, -0.15) is 0 Å². The Kier molecular flexibility index (Phi) is 10.5. The molecule has 0 atom stereocenters. The summed E-state index contributed by atoms with van der Waals surface area (Å²) >= 11 is -3.80. The third kappa shape index (κ3) is 7.48. The van der Waals surface area contributed by atoms with Crippen LogP contribution in [0.2, 0.25) is 0 Å². The van der Waals surface area contributed by atoms with Crippen LogP contribution in [-0.2, 0) is 7.87 Å². The molecule has 5 nitrogen and oxygen atoms in total. The molecular weight excluding hydrogens is 579 g/mol. The first kappa shape index (κ1) is 29.0. The first-order valence-electron chi connectivity index (χ1n) is 12.7. The van der Waals surface area contributed by atoms with Gasteiger partial charge in [-0.3, -0.25) is 0 Å². The zero-order valence-electron chi connectivity index (χ0n) is 22.7. The summed E-state index contributed by atoms with van der Waals surface area (Å²) in [5.41, 5.74) is 2.11. The van der Waals surface area contributed by atoms with Crippen molar-refractivity contribution in [3.63, 3.8) is 0 Å². The van der Waals surface area contributed by atoms with E-state index in [0.29, 0.717) is 5.92 Å². The number of benzene rings is 4. The number of carbonyl (C=O) groups excluding carboxylic acids is 2. The molecule has 0 spiro atoms. The molecule has 2 amide bonds. The van der Waals surface area contributed by atoms with E-state index in [4.69, 9.17) is 3.07 Å². The summed E-state index contributed by atoms with van der Waals surface area (Å²) in [5.74, 6) is 0.293. The molecule has 0 aliphatic rings. The fourth-order valence-electron chi connectivity index (χ4n) is 4.10. The van der Waals surface area contributed by atoms with Crippen LogP contribution in [0.25, 0.3) is 0 Å². The second-order valence-corrected chi connectivity index (χ2v) is 18.9. The summed E-state index contributed by atoms with van der Waals surface area (Å²) in [4.78, 5) is 24.9. The van der Waals surface area contributed by atoms with Gasteiger partial charge in [-0.25, -0.2) is 4.79 Å². The van der Waals surface area contributed by atoms with Gasteiger partial charge >= 0.3 is 147 Å². The Bertz CT molecular complexity index is 1200. The summed E-state index contributed by atoms with van der Waals surface area (Å²) in [6.07, 6.45) is 0. The fourth-order valence-corrected chi connectivity index (χ4v) is 14.9. The van der Waals surface area contributed by atoms with Gasteiger partial charge in [0.15, 0.2) is 0 Å². The normalized spacial score (nSPS) is 10.7. The van der Waals surface area contributed by atoms with E-state index in [9.17, 15) is 9.59 Å². The van der Waals surface area contributed by atoms with E-state index < -0.39 is 18.8 Å². The monoisotopic (exact) mass is 616 g/mol. The third-order valence-electron chi connectivity index (χ3n) is 6.07. The molecule has 0 saturated carbocycles. The molecule has 0 bridgehead atoms. The van der Waals surface area contributed by atoms with Gasteiger partial charge in [0, 0.05) is 19.8 Å². The van der Waals surface area contributed by atoms with Crippen LogP contribution in [0.5, 0.6) is 0 Å². The molecule has 0 fully saturated rings. The van der Waals surface area contributed by atoms with E-state index in [2.05, 4.69) is 55.6 Å². The summed E-state index contributed by atoms with van der Waals surface area (Å²) in [6, 6.07) is 38.4. The smallest absolute Gasteiger partial charge is 0.321 e. The Morgan fingerprint density at radius 2 is 1.08 bits per heavy atom. The zero-order valence-corrected chi connectivity index (χ0v) is 25.6. The molecule has 0 aliphatic heterocycles. The van der Waals surface area contributed by atoms with Crippen molar-refractivity contribution in [1.29, 1.82) is 0 Å². The molecule has 6 heteroatoms. The third-order valence-corrected chi connectivity index (χ3v) is 17.6. The molecule has 0 unspecified atom stereocenters. The van der Waals surface area contributed by atoms with E-state index in [0.717, 1.165) is 16.4 Å². The van der Waals surface area contributed by atoms with Crippen LogP contribution >= 0.6 is 0 Å². The number of hydrogen-bond donors (Lipinski definition) is 1. The molecule has 38 heavy (non-hydrogen) atoms. The Balaban J connectivity index is 0.000000232. The Hall–Kier alpha value is -3.58. The molecule has 0 aliphatic carbocycles. The van der Waals surface area contributed by atoms with Crippen LogP contribution in [0.1, 0.15) is 32.3 Å². The maximum Gasteiger partial charge on any atom is 0.321 e. The first-order valence-corrected chi connectivity index (χ1v) is 18.1. The van der Waals surface area contributed by atoms with Crippen molar-refractivity contribution >= 4 is 47.2 Å². The first-order chi connectivity index (χ1) is 18.2. The number of anilines is 1. The van der Waals surface area contributed by atoms with Gasteiger partial charge in [0.2, 0.25) is 0 Å². The number of nitrogens with one attached hydrogen (secondary N) is 1. The van der Waals surface area contributed by atoms with Crippen molar-refractivity contribution in [2.75, 3.05) is 19.4 Å². The average Bonchev–Trinajstić information content (AvgIpc) is 2.93. The topological polar surface area (TPSA) is 58.6 Å². The predicted octanol–water partition coefficient (Wildman–Crippen LogP) is 5.12. The minimum atomic E-state index is -3.80. The SMILES string of the molecule is CC(=O)[O][Sn]([c]1ccccc1)([c]1ccccc1)[c]1ccccc1.CC(C)c1ccc(NC(=O)N(C)C)cc1. The molecular formula is C32H36N2O3Sn. The molecule has 0 aromatic heterocycles. The van der Waals surface area contributed by atoms with Gasteiger partial charge in [-0.05, 0) is 23.6 Å². The number of amides is 2. The molecule has 1 N–H and O–H groups in total. The van der Waals surface area contributed by atoms with Crippen LogP contribution in [0.4, 0.5) is 10.5 Å². The molecule has 4 aromatic carbocycles. The number of hydrogen-bond acceptors (Lipinski definition) is 3. The molecule has 4 rings (SSSR count). The molecule has 4 aromatic rings. The van der Waals surface area contributed by atoms with Crippen molar-refractivity contribution in [3.05, 3.63) is 121 Å². The Morgan fingerprint density at radius 3 is 1.39 bits per heavy atom. The fraction of sp³-hybridized carbons (Fsp3) is 0.188. The van der Waals surface area contributed by atoms with Crippen molar-refractivity contribution in [2.24, 2.45) is 0 Å². The van der Waals surface area contributed by atoms with Gasteiger partial charge in [0.1, 0.15) is 0 Å². The van der Waals surface area contributed by atoms with Gasteiger partial charge in [0.25, 0.3) is 0 Å². The number of urea groups is 1. The Labute approximate surface area is 230 Å². The van der Waals surface area contributed by atoms with Crippen LogP contribution < -0.4 is 16.1 Å². The molecule has 0 radical (unpaired) electrons. The zero-order chi connectivity index (χ0) is 27.5. The van der Waals surface area contributed by atoms with Crippen molar-refractivity contribution in [2.45, 2.75) is 26.7 Å². The maximum atomic E-state index is 12.0. The quantitative estimate of drug-likeness (QED) is 0.307. The van der Waals surface area contributed by atoms with Crippen LogP contribution in [0.3, 0.4) is 0 Å². The van der Waals surface area contributed by atoms with Gasteiger partial charge < -0.3 is 10.2 Å². The van der Waals surface area contributed by atoms with Gasteiger partial charge in [-0.1, -0.05) is 26.0 Å². The minimum Gasteiger partial charge on any atom is -0.331 e. The van der Waals surface area contributed by atoms with Crippen LogP contribution in [-0.4, -0.2) is 49.8 Å². The minimum absolute atomic E-state index is 0.104. The number of carbonyl (C=O) groups is 2. The molecule has 196 valence electrons. The average molecular weight is 615 g/mol. The molecule has 0 saturated heterocycles. The second kappa shape index (κ2) is 13.8. The van der Waals surface area contributed by atoms with E-state index in [-0.39, 0.29) is 12.0 Å². The summed E-state index contributed by atoms with van der Waals surface area (Å²) < 4.78 is 9.57. The second-order valence-electron chi connectivity index (χ2n) is 9.47. The molecule has 0 heterocycles. The van der Waals surface area contributed by atoms with E-state index >= 15 is 0 Å². The van der Waals surface area contributed by atoms with E-state index in [1.165, 1.54) is 17.4 Å². The number of nitrogens with zero attached hydrogens (tertiary/aromatic N) is 1. The summed E-state index contributed by atoms with van der Waals surface area (Å²) in [6.45, 7) is 5.79.